The summed E-state index contributed by atoms with van der Waals surface area (Å²) in [5.41, 5.74) is 0.892. The number of fused-ring (bicyclic) bond motifs is 1. The van der Waals surface area contributed by atoms with E-state index in [1.807, 2.05) is 29.9 Å². The second-order valence-corrected chi connectivity index (χ2v) is 4.01. The molecule has 5 heteroatoms. The van der Waals surface area contributed by atoms with Crippen molar-refractivity contribution in [1.29, 1.82) is 0 Å². The zero-order chi connectivity index (χ0) is 11.0. The highest BCUT2D eigenvalue weighted by Crippen LogP contribution is 2.22. The fourth-order valence-electron chi connectivity index (χ4n) is 1.58. The summed E-state index contributed by atoms with van der Waals surface area (Å²) in [6.45, 7) is 4.17. The van der Waals surface area contributed by atoms with Crippen LogP contribution in [-0.2, 0) is 0 Å². The van der Waals surface area contributed by atoms with E-state index in [2.05, 4.69) is 28.9 Å². The number of anilines is 1. The van der Waals surface area contributed by atoms with Crippen molar-refractivity contribution >= 4 is 16.9 Å². The van der Waals surface area contributed by atoms with Crippen molar-refractivity contribution in [2.75, 3.05) is 19.0 Å². The van der Waals surface area contributed by atoms with Crippen LogP contribution in [0.1, 0.15) is 19.9 Å². The van der Waals surface area contributed by atoms with Gasteiger partial charge in [-0.05, 0) is 13.8 Å². The van der Waals surface area contributed by atoms with Crippen LogP contribution >= 0.6 is 0 Å². The zero-order valence-electron chi connectivity index (χ0n) is 9.47. The largest absolute Gasteiger partial charge is 0.362 e. The average molecular weight is 205 g/mol. The predicted octanol–water partition coefficient (Wildman–Crippen LogP) is 1.47. The molecule has 0 aliphatic rings. The Morgan fingerprint density at radius 3 is 2.60 bits per heavy atom. The molecule has 0 radical (unpaired) electrons. The maximum Gasteiger partial charge on any atom is 0.163 e. The van der Waals surface area contributed by atoms with Crippen LogP contribution in [0.5, 0.6) is 0 Å². The summed E-state index contributed by atoms with van der Waals surface area (Å²) in [7, 11) is 3.93. The molecular formula is C10H15N5. The summed E-state index contributed by atoms with van der Waals surface area (Å²) >= 11 is 0. The Morgan fingerprint density at radius 2 is 2.00 bits per heavy atom. The maximum atomic E-state index is 4.33. The summed E-state index contributed by atoms with van der Waals surface area (Å²) in [6.07, 6.45) is 3.41. The molecule has 2 rings (SSSR count). The molecule has 0 saturated carbocycles. The molecule has 0 N–H and O–H groups in total. The molecule has 0 aliphatic heterocycles. The van der Waals surface area contributed by atoms with Gasteiger partial charge in [0.25, 0.3) is 0 Å². The van der Waals surface area contributed by atoms with Crippen LogP contribution in [0.3, 0.4) is 0 Å². The van der Waals surface area contributed by atoms with Crippen LogP contribution in [0.25, 0.3) is 11.0 Å². The molecule has 0 saturated heterocycles. The van der Waals surface area contributed by atoms with Gasteiger partial charge in [-0.15, -0.1) is 0 Å². The number of hydrogen-bond donors (Lipinski definition) is 0. The highest BCUT2D eigenvalue weighted by molar-refractivity contribution is 5.86. The second-order valence-electron chi connectivity index (χ2n) is 4.01. The monoisotopic (exact) mass is 205 g/mol. The Morgan fingerprint density at radius 1 is 1.27 bits per heavy atom. The van der Waals surface area contributed by atoms with Crippen molar-refractivity contribution in [3.63, 3.8) is 0 Å². The van der Waals surface area contributed by atoms with Gasteiger partial charge in [0.05, 0.1) is 11.6 Å². The quantitative estimate of drug-likeness (QED) is 0.745. The first-order chi connectivity index (χ1) is 7.11. The third-order valence-electron chi connectivity index (χ3n) is 2.28. The van der Waals surface area contributed by atoms with Gasteiger partial charge in [0, 0.05) is 20.1 Å². The van der Waals surface area contributed by atoms with Crippen LogP contribution in [0, 0.1) is 0 Å². The lowest BCUT2D eigenvalue weighted by atomic mass is 10.3. The summed E-state index contributed by atoms with van der Waals surface area (Å²) in [4.78, 5) is 10.5. The van der Waals surface area contributed by atoms with Gasteiger partial charge in [0.1, 0.15) is 12.1 Å². The van der Waals surface area contributed by atoms with Crippen LogP contribution in [0.4, 0.5) is 5.82 Å². The minimum absolute atomic E-state index is 0.312. The van der Waals surface area contributed by atoms with E-state index in [9.17, 15) is 0 Å². The fraction of sp³-hybridized carbons (Fsp3) is 0.500. The topological polar surface area (TPSA) is 46.8 Å². The molecule has 0 unspecified atom stereocenters. The molecule has 5 nitrogen and oxygen atoms in total. The first-order valence-corrected chi connectivity index (χ1v) is 4.97. The van der Waals surface area contributed by atoms with E-state index in [0.29, 0.717) is 6.04 Å². The third kappa shape index (κ3) is 1.54. The molecule has 80 valence electrons. The lowest BCUT2D eigenvalue weighted by molar-refractivity contribution is 0.546. The SMILES string of the molecule is CC(C)n1ncc2c(N(C)C)ncnc21. The first-order valence-electron chi connectivity index (χ1n) is 4.97. The van der Waals surface area contributed by atoms with Crippen molar-refractivity contribution in [1.82, 2.24) is 19.7 Å². The van der Waals surface area contributed by atoms with Gasteiger partial charge in [-0.3, -0.25) is 0 Å². The summed E-state index contributed by atoms with van der Waals surface area (Å²) < 4.78 is 1.91. The van der Waals surface area contributed by atoms with Crippen molar-refractivity contribution < 1.29 is 0 Å². The molecule has 0 atom stereocenters. The van der Waals surface area contributed by atoms with Crippen LogP contribution < -0.4 is 4.90 Å². The van der Waals surface area contributed by atoms with E-state index in [-0.39, 0.29) is 0 Å². The highest BCUT2D eigenvalue weighted by Gasteiger charge is 2.12. The Hall–Kier alpha value is -1.65. The van der Waals surface area contributed by atoms with E-state index in [0.717, 1.165) is 16.9 Å². The number of hydrogen-bond acceptors (Lipinski definition) is 4. The molecular weight excluding hydrogens is 190 g/mol. The van der Waals surface area contributed by atoms with E-state index >= 15 is 0 Å². The molecule has 0 spiro atoms. The average Bonchev–Trinajstić information content (AvgIpc) is 2.59. The third-order valence-corrected chi connectivity index (χ3v) is 2.28. The van der Waals surface area contributed by atoms with Gasteiger partial charge < -0.3 is 4.90 Å². The summed E-state index contributed by atoms with van der Waals surface area (Å²) in [5.74, 6) is 0.909. The van der Waals surface area contributed by atoms with E-state index in [1.54, 1.807) is 6.33 Å². The van der Waals surface area contributed by atoms with Crippen molar-refractivity contribution in [2.24, 2.45) is 0 Å². The van der Waals surface area contributed by atoms with E-state index in [1.165, 1.54) is 0 Å². The molecule has 0 aliphatic carbocycles. The lowest BCUT2D eigenvalue weighted by Gasteiger charge is -2.12. The predicted molar refractivity (Wildman–Crippen MR) is 60.0 cm³/mol. The van der Waals surface area contributed by atoms with E-state index < -0.39 is 0 Å². The van der Waals surface area contributed by atoms with Crippen molar-refractivity contribution in [2.45, 2.75) is 19.9 Å². The van der Waals surface area contributed by atoms with Gasteiger partial charge in [-0.25, -0.2) is 14.6 Å². The zero-order valence-corrected chi connectivity index (χ0v) is 9.47. The Bertz CT molecular complexity index is 472. The van der Waals surface area contributed by atoms with E-state index in [4.69, 9.17) is 0 Å². The molecule has 2 aromatic rings. The normalized spacial score (nSPS) is 11.3. The number of nitrogens with zero attached hydrogens (tertiary/aromatic N) is 5. The summed E-state index contributed by atoms with van der Waals surface area (Å²) in [6, 6.07) is 0.312. The highest BCUT2D eigenvalue weighted by atomic mass is 15.3. The minimum Gasteiger partial charge on any atom is -0.362 e. The first kappa shape index (κ1) is 9.89. The molecule has 0 fully saturated rings. The standard InChI is InChI=1S/C10H15N5/c1-7(2)15-10-8(5-13-15)9(14(3)4)11-6-12-10/h5-7H,1-4H3. The van der Waals surface area contributed by atoms with Crippen LogP contribution in [0.15, 0.2) is 12.5 Å². The van der Waals surface area contributed by atoms with Gasteiger partial charge in [-0.2, -0.15) is 5.10 Å². The lowest BCUT2D eigenvalue weighted by Crippen LogP contribution is -2.11. The molecule has 0 aromatic carbocycles. The number of aromatic nitrogens is 4. The van der Waals surface area contributed by atoms with Gasteiger partial charge in [-0.1, -0.05) is 0 Å². The Balaban J connectivity index is 2.69. The smallest absolute Gasteiger partial charge is 0.163 e. The molecule has 2 aromatic heterocycles. The van der Waals surface area contributed by atoms with Gasteiger partial charge >= 0.3 is 0 Å². The van der Waals surface area contributed by atoms with Crippen LogP contribution in [0.2, 0.25) is 0 Å². The Kier molecular flexibility index (Phi) is 2.30. The maximum absolute atomic E-state index is 4.33. The van der Waals surface area contributed by atoms with Crippen molar-refractivity contribution in [3.05, 3.63) is 12.5 Å². The van der Waals surface area contributed by atoms with Gasteiger partial charge in [0.15, 0.2) is 5.65 Å². The molecule has 0 amide bonds. The van der Waals surface area contributed by atoms with Gasteiger partial charge in [0.2, 0.25) is 0 Å². The second kappa shape index (κ2) is 3.49. The van der Waals surface area contributed by atoms with Crippen molar-refractivity contribution in [3.8, 4) is 0 Å². The van der Waals surface area contributed by atoms with Crippen LogP contribution in [-0.4, -0.2) is 33.8 Å². The summed E-state index contributed by atoms with van der Waals surface area (Å²) in [5, 5.41) is 5.32. The minimum atomic E-state index is 0.312. The molecule has 0 bridgehead atoms. The number of rotatable bonds is 2. The Labute approximate surface area is 88.7 Å². The fourth-order valence-corrected chi connectivity index (χ4v) is 1.58. The molecule has 15 heavy (non-hydrogen) atoms. The molecule has 2 heterocycles.